The molecule has 128 valence electrons. The highest BCUT2D eigenvalue weighted by Crippen LogP contribution is 2.37. The van der Waals surface area contributed by atoms with Crippen LogP contribution < -0.4 is 14.8 Å². The molecule has 0 bridgehead atoms. The molecular weight excluding hydrogens is 316 g/mol. The number of likely N-dealkylation sites (tertiary alicyclic amines) is 1. The Morgan fingerprint density at radius 2 is 2.09 bits per heavy atom. The summed E-state index contributed by atoms with van der Waals surface area (Å²) in [5.41, 5.74) is 0.544. The van der Waals surface area contributed by atoms with E-state index >= 15 is 0 Å². The molecule has 1 amide bonds. The fraction of sp³-hybridized carbons (Fsp3) is 0.588. The molecule has 0 aromatic heterocycles. The third-order valence-corrected chi connectivity index (χ3v) is 4.44. The largest absolute Gasteiger partial charge is 0.493 e. The van der Waals surface area contributed by atoms with Crippen molar-refractivity contribution in [2.45, 2.75) is 19.8 Å². The molecule has 0 radical (unpaired) electrons. The smallest absolute Gasteiger partial charge is 0.254 e. The maximum atomic E-state index is 12.7. The number of rotatable bonds is 6. The van der Waals surface area contributed by atoms with Gasteiger partial charge in [-0.1, -0.05) is 11.6 Å². The Morgan fingerprint density at radius 3 is 2.65 bits per heavy atom. The Hall–Kier alpha value is -1.46. The van der Waals surface area contributed by atoms with E-state index in [4.69, 9.17) is 21.1 Å². The van der Waals surface area contributed by atoms with Crippen LogP contribution in [-0.2, 0) is 0 Å². The van der Waals surface area contributed by atoms with Gasteiger partial charge in [0, 0.05) is 18.7 Å². The summed E-state index contributed by atoms with van der Waals surface area (Å²) in [4.78, 5) is 14.6. The van der Waals surface area contributed by atoms with Gasteiger partial charge in [-0.25, -0.2) is 0 Å². The fourth-order valence-electron chi connectivity index (χ4n) is 2.94. The van der Waals surface area contributed by atoms with Crippen LogP contribution in [-0.4, -0.2) is 51.2 Å². The zero-order valence-electron chi connectivity index (χ0n) is 14.0. The van der Waals surface area contributed by atoms with Crippen molar-refractivity contribution in [1.82, 2.24) is 10.2 Å². The van der Waals surface area contributed by atoms with E-state index in [2.05, 4.69) is 5.32 Å². The van der Waals surface area contributed by atoms with Crippen LogP contribution in [0.1, 0.15) is 30.1 Å². The van der Waals surface area contributed by atoms with E-state index in [-0.39, 0.29) is 5.91 Å². The molecule has 1 aromatic rings. The first-order chi connectivity index (χ1) is 11.1. The maximum absolute atomic E-state index is 12.7. The molecule has 23 heavy (non-hydrogen) atoms. The van der Waals surface area contributed by atoms with Crippen molar-refractivity contribution in [3.05, 3.63) is 22.7 Å². The molecule has 6 heteroatoms. The van der Waals surface area contributed by atoms with E-state index in [0.717, 1.165) is 32.5 Å². The van der Waals surface area contributed by atoms with E-state index in [0.29, 0.717) is 34.6 Å². The third kappa shape index (κ3) is 4.30. The average molecular weight is 341 g/mol. The minimum absolute atomic E-state index is 0.00356. The highest BCUT2D eigenvalue weighted by Gasteiger charge is 2.25. The number of halogens is 1. The summed E-state index contributed by atoms with van der Waals surface area (Å²) in [5.74, 6) is 1.62. The van der Waals surface area contributed by atoms with Gasteiger partial charge in [-0.2, -0.15) is 0 Å². The fourth-order valence-corrected chi connectivity index (χ4v) is 3.20. The number of carbonyl (C=O) groups excluding carboxylic acids is 1. The summed E-state index contributed by atoms with van der Waals surface area (Å²) in [5, 5.41) is 3.60. The number of nitrogens with one attached hydrogen (secondary N) is 1. The van der Waals surface area contributed by atoms with Gasteiger partial charge in [0.05, 0.1) is 18.7 Å². The van der Waals surface area contributed by atoms with E-state index in [1.54, 1.807) is 19.2 Å². The number of carbonyl (C=O) groups is 1. The second-order valence-electron chi connectivity index (χ2n) is 5.72. The molecule has 2 rings (SSSR count). The van der Waals surface area contributed by atoms with Crippen LogP contribution in [0, 0.1) is 5.92 Å². The van der Waals surface area contributed by atoms with Crippen molar-refractivity contribution < 1.29 is 14.3 Å². The molecule has 5 nitrogen and oxygen atoms in total. The van der Waals surface area contributed by atoms with Crippen molar-refractivity contribution >= 4 is 17.5 Å². The van der Waals surface area contributed by atoms with Crippen LogP contribution in [0.4, 0.5) is 0 Å². The molecule has 0 unspecified atom stereocenters. The van der Waals surface area contributed by atoms with Crippen molar-refractivity contribution in [1.29, 1.82) is 0 Å². The second kappa shape index (κ2) is 8.41. The molecule has 1 aliphatic rings. The molecule has 0 aliphatic carbocycles. The Morgan fingerprint density at radius 1 is 1.39 bits per heavy atom. The molecule has 1 N–H and O–H groups in total. The lowest BCUT2D eigenvalue weighted by Gasteiger charge is -2.32. The van der Waals surface area contributed by atoms with Gasteiger partial charge in [-0.3, -0.25) is 4.79 Å². The van der Waals surface area contributed by atoms with Gasteiger partial charge in [0.1, 0.15) is 0 Å². The normalized spacial score (nSPS) is 15.6. The summed E-state index contributed by atoms with van der Waals surface area (Å²) in [7, 11) is 3.51. The van der Waals surface area contributed by atoms with E-state index < -0.39 is 0 Å². The summed E-state index contributed by atoms with van der Waals surface area (Å²) in [6.07, 6.45) is 2.04. The average Bonchev–Trinajstić information content (AvgIpc) is 2.57. The van der Waals surface area contributed by atoms with Crippen molar-refractivity contribution in [2.75, 3.05) is 40.4 Å². The molecule has 1 aliphatic heterocycles. The lowest BCUT2D eigenvalue weighted by Crippen LogP contribution is -2.40. The summed E-state index contributed by atoms with van der Waals surface area (Å²) >= 11 is 6.26. The number of hydrogen-bond acceptors (Lipinski definition) is 4. The minimum Gasteiger partial charge on any atom is -0.493 e. The Bertz CT molecular complexity index is 543. The molecule has 0 saturated carbocycles. The van der Waals surface area contributed by atoms with Gasteiger partial charge in [0.2, 0.25) is 0 Å². The molecular formula is C17H25ClN2O3. The Kier molecular flexibility index (Phi) is 6.54. The van der Waals surface area contributed by atoms with Crippen LogP contribution in [0.3, 0.4) is 0 Å². The summed E-state index contributed by atoms with van der Waals surface area (Å²) < 4.78 is 10.8. The third-order valence-electron chi connectivity index (χ3n) is 4.16. The molecule has 1 fully saturated rings. The number of hydrogen-bond donors (Lipinski definition) is 1. The minimum atomic E-state index is -0.00356. The standard InChI is InChI=1S/C17H25ClN2O3/c1-4-23-16-14(18)9-13(10-15(16)22-3)17(21)20-7-5-12(6-8-20)11-19-2/h9-10,12,19H,4-8,11H2,1-3H3. The highest BCUT2D eigenvalue weighted by molar-refractivity contribution is 6.32. The monoisotopic (exact) mass is 340 g/mol. The second-order valence-corrected chi connectivity index (χ2v) is 6.12. The topological polar surface area (TPSA) is 50.8 Å². The summed E-state index contributed by atoms with van der Waals surface area (Å²) in [6, 6.07) is 3.37. The predicted octanol–water partition coefficient (Wildman–Crippen LogP) is 2.82. The number of amides is 1. The van der Waals surface area contributed by atoms with Gasteiger partial charge < -0.3 is 19.7 Å². The zero-order valence-corrected chi connectivity index (χ0v) is 14.8. The number of methoxy groups -OCH3 is 1. The van der Waals surface area contributed by atoms with E-state index in [1.165, 1.54) is 0 Å². The Balaban J connectivity index is 2.12. The maximum Gasteiger partial charge on any atom is 0.254 e. The molecule has 1 saturated heterocycles. The van der Waals surface area contributed by atoms with Gasteiger partial charge >= 0.3 is 0 Å². The first-order valence-corrected chi connectivity index (χ1v) is 8.42. The van der Waals surface area contributed by atoms with Crippen molar-refractivity contribution in [3.63, 3.8) is 0 Å². The van der Waals surface area contributed by atoms with Gasteiger partial charge in [0.25, 0.3) is 5.91 Å². The highest BCUT2D eigenvalue weighted by atomic mass is 35.5. The van der Waals surface area contributed by atoms with Gasteiger partial charge in [0.15, 0.2) is 11.5 Å². The lowest BCUT2D eigenvalue weighted by molar-refractivity contribution is 0.0690. The van der Waals surface area contributed by atoms with Crippen LogP contribution in [0.25, 0.3) is 0 Å². The predicted molar refractivity (Wildman–Crippen MR) is 91.7 cm³/mol. The van der Waals surface area contributed by atoms with Crippen LogP contribution in [0.5, 0.6) is 11.5 Å². The summed E-state index contributed by atoms with van der Waals surface area (Å²) in [6.45, 7) is 4.92. The number of benzene rings is 1. The SMILES string of the molecule is CCOc1c(Cl)cc(C(=O)N2CCC(CNC)CC2)cc1OC. The first kappa shape index (κ1) is 17.9. The zero-order chi connectivity index (χ0) is 16.8. The van der Waals surface area contributed by atoms with Crippen molar-refractivity contribution in [2.24, 2.45) is 5.92 Å². The van der Waals surface area contributed by atoms with Crippen LogP contribution in [0.2, 0.25) is 5.02 Å². The van der Waals surface area contributed by atoms with E-state index in [1.807, 2.05) is 18.9 Å². The Labute approximate surface area is 142 Å². The number of piperidine rings is 1. The van der Waals surface area contributed by atoms with Crippen molar-refractivity contribution in [3.8, 4) is 11.5 Å². The van der Waals surface area contributed by atoms with E-state index in [9.17, 15) is 4.79 Å². The number of ether oxygens (including phenoxy) is 2. The van der Waals surface area contributed by atoms with Gasteiger partial charge in [-0.05, 0) is 51.4 Å². The number of nitrogens with zero attached hydrogens (tertiary/aromatic N) is 1. The van der Waals surface area contributed by atoms with Crippen LogP contribution in [0.15, 0.2) is 12.1 Å². The molecule has 1 aromatic carbocycles. The first-order valence-electron chi connectivity index (χ1n) is 8.04. The van der Waals surface area contributed by atoms with Crippen LogP contribution >= 0.6 is 11.6 Å². The quantitative estimate of drug-likeness (QED) is 0.865. The lowest BCUT2D eigenvalue weighted by atomic mass is 9.96. The molecule has 0 atom stereocenters. The molecule has 1 heterocycles. The molecule has 0 spiro atoms. The van der Waals surface area contributed by atoms with Gasteiger partial charge in [-0.15, -0.1) is 0 Å².